The maximum Gasteiger partial charge on any atom is 0.328 e. The van der Waals surface area contributed by atoms with E-state index in [-0.39, 0.29) is 30.5 Å². The highest BCUT2D eigenvalue weighted by atomic mass is 19.1. The molecule has 0 aliphatic carbocycles. The van der Waals surface area contributed by atoms with Gasteiger partial charge in [-0.05, 0) is 48.4 Å². The Morgan fingerprint density at radius 2 is 1.53 bits per heavy atom. The molecule has 1 unspecified atom stereocenters. The molecule has 43 heavy (non-hydrogen) atoms. The van der Waals surface area contributed by atoms with Crippen LogP contribution in [0.5, 0.6) is 5.75 Å². The molecular weight excluding hydrogens is 547 g/mol. The zero-order chi connectivity index (χ0) is 30.6. The molecule has 1 atom stereocenters. The lowest BCUT2D eigenvalue weighted by Crippen LogP contribution is -2.35. The van der Waals surface area contributed by atoms with Gasteiger partial charge in [0.25, 0.3) is 0 Å². The lowest BCUT2D eigenvalue weighted by atomic mass is 10.00. The van der Waals surface area contributed by atoms with Crippen molar-refractivity contribution < 1.29 is 28.2 Å². The van der Waals surface area contributed by atoms with E-state index in [1.807, 2.05) is 25.1 Å². The summed E-state index contributed by atoms with van der Waals surface area (Å²) in [5.74, 6) is -0.676. The first kappa shape index (κ1) is 31.0. The minimum atomic E-state index is -0.750. The number of amides is 1. The standard InChI is InChI=1S/C35H35FN2O5/c1-3-11-33(39)38(32-17-10-8-15-29(32)36)22-23-43-27-20-18-25(19-21-27)24-31(35(41)42-2)37-30-16-9-7-14-28(30)34(40)26-12-5-4-6-13-26/h4-10,12-21,31,37H,3,11,22-24H2,1-2H3. The fourth-order valence-electron chi connectivity index (χ4n) is 4.69. The van der Waals surface area contributed by atoms with Crippen molar-refractivity contribution in [1.29, 1.82) is 0 Å². The Morgan fingerprint density at radius 3 is 2.23 bits per heavy atom. The van der Waals surface area contributed by atoms with Crippen LogP contribution < -0.4 is 15.0 Å². The highest BCUT2D eigenvalue weighted by Gasteiger charge is 2.23. The summed E-state index contributed by atoms with van der Waals surface area (Å²) in [7, 11) is 1.32. The molecular formula is C35H35FN2O5. The molecule has 0 heterocycles. The third kappa shape index (κ3) is 8.29. The first-order valence-electron chi connectivity index (χ1n) is 14.2. The SMILES string of the molecule is CCCC(=O)N(CCOc1ccc(CC(Nc2ccccc2C(=O)c2ccccc2)C(=O)OC)cc1)c1ccccc1F. The third-order valence-electron chi connectivity index (χ3n) is 6.88. The average molecular weight is 583 g/mol. The molecule has 8 heteroatoms. The zero-order valence-electron chi connectivity index (χ0n) is 24.3. The van der Waals surface area contributed by atoms with Gasteiger partial charge in [-0.3, -0.25) is 9.59 Å². The maximum absolute atomic E-state index is 14.4. The van der Waals surface area contributed by atoms with Crippen LogP contribution in [0.3, 0.4) is 0 Å². The van der Waals surface area contributed by atoms with E-state index in [1.54, 1.807) is 78.9 Å². The van der Waals surface area contributed by atoms with Crippen LogP contribution in [0.1, 0.15) is 41.3 Å². The van der Waals surface area contributed by atoms with E-state index in [0.717, 1.165) is 5.56 Å². The summed E-state index contributed by atoms with van der Waals surface area (Å²) < 4.78 is 25.3. The Hall–Kier alpha value is -4.98. The van der Waals surface area contributed by atoms with Gasteiger partial charge in [0.05, 0.1) is 19.3 Å². The topological polar surface area (TPSA) is 84.9 Å². The van der Waals surface area contributed by atoms with Crippen molar-refractivity contribution in [3.8, 4) is 5.75 Å². The molecule has 4 aromatic carbocycles. The zero-order valence-corrected chi connectivity index (χ0v) is 24.3. The highest BCUT2D eigenvalue weighted by Crippen LogP contribution is 2.23. The molecule has 222 valence electrons. The van der Waals surface area contributed by atoms with E-state index in [9.17, 15) is 18.8 Å². The molecule has 0 radical (unpaired) electrons. The van der Waals surface area contributed by atoms with Crippen molar-refractivity contribution in [3.63, 3.8) is 0 Å². The molecule has 0 bridgehead atoms. The Morgan fingerprint density at radius 1 is 0.860 bits per heavy atom. The van der Waals surface area contributed by atoms with Crippen LogP contribution in [-0.2, 0) is 20.7 Å². The van der Waals surface area contributed by atoms with E-state index in [1.165, 1.54) is 18.1 Å². The van der Waals surface area contributed by atoms with Crippen LogP contribution in [0.2, 0.25) is 0 Å². The van der Waals surface area contributed by atoms with Gasteiger partial charge in [-0.15, -0.1) is 0 Å². The van der Waals surface area contributed by atoms with Crippen LogP contribution in [0, 0.1) is 5.82 Å². The number of halogens is 1. The largest absolute Gasteiger partial charge is 0.492 e. The predicted molar refractivity (Wildman–Crippen MR) is 165 cm³/mol. The molecule has 1 amide bonds. The number of carbonyl (C=O) groups is 3. The Bertz CT molecular complexity index is 1530. The van der Waals surface area contributed by atoms with Crippen molar-refractivity contribution in [2.75, 3.05) is 30.5 Å². The number of hydrogen-bond acceptors (Lipinski definition) is 6. The summed E-state index contributed by atoms with van der Waals surface area (Å²) in [5, 5.41) is 3.21. The molecule has 0 aromatic heterocycles. The van der Waals surface area contributed by atoms with Crippen LogP contribution in [0.4, 0.5) is 15.8 Å². The lowest BCUT2D eigenvalue weighted by molar-refractivity contribution is -0.141. The second-order valence-corrected chi connectivity index (χ2v) is 9.90. The van der Waals surface area contributed by atoms with E-state index >= 15 is 0 Å². The maximum atomic E-state index is 14.4. The van der Waals surface area contributed by atoms with Crippen molar-refractivity contribution >= 4 is 29.0 Å². The smallest absolute Gasteiger partial charge is 0.328 e. The van der Waals surface area contributed by atoms with Gasteiger partial charge in [0.15, 0.2) is 5.78 Å². The van der Waals surface area contributed by atoms with Gasteiger partial charge in [0.1, 0.15) is 24.2 Å². The number of para-hydroxylation sites is 2. The summed E-state index contributed by atoms with van der Waals surface area (Å²) in [6.07, 6.45) is 1.26. The summed E-state index contributed by atoms with van der Waals surface area (Å²) in [5.41, 5.74) is 2.60. The monoisotopic (exact) mass is 582 g/mol. The number of nitrogens with zero attached hydrogens (tertiary/aromatic N) is 1. The predicted octanol–water partition coefficient (Wildman–Crippen LogP) is 6.47. The van der Waals surface area contributed by atoms with Crippen LogP contribution in [0.25, 0.3) is 0 Å². The first-order chi connectivity index (χ1) is 20.9. The van der Waals surface area contributed by atoms with Crippen molar-refractivity contribution in [3.05, 3.63) is 126 Å². The minimum Gasteiger partial charge on any atom is -0.492 e. The van der Waals surface area contributed by atoms with Crippen LogP contribution in [-0.4, -0.2) is 44.0 Å². The molecule has 0 aliphatic heterocycles. The van der Waals surface area contributed by atoms with Gasteiger partial charge in [-0.1, -0.05) is 73.7 Å². The molecule has 0 aliphatic rings. The Kier molecular flexibility index (Phi) is 11.0. The summed E-state index contributed by atoms with van der Waals surface area (Å²) in [4.78, 5) is 40.0. The van der Waals surface area contributed by atoms with E-state index < -0.39 is 17.8 Å². The van der Waals surface area contributed by atoms with Gasteiger partial charge in [0, 0.05) is 29.7 Å². The number of hydrogen-bond donors (Lipinski definition) is 1. The number of rotatable bonds is 14. The minimum absolute atomic E-state index is 0.154. The summed E-state index contributed by atoms with van der Waals surface area (Å²) in [6.45, 7) is 2.26. The molecule has 0 fully saturated rings. The number of nitrogens with one attached hydrogen (secondary N) is 1. The molecule has 0 saturated carbocycles. The number of ketones is 1. The second-order valence-electron chi connectivity index (χ2n) is 9.90. The van der Waals surface area contributed by atoms with Gasteiger partial charge >= 0.3 is 5.97 Å². The number of methoxy groups -OCH3 is 1. The highest BCUT2D eigenvalue weighted by molar-refractivity contribution is 6.12. The number of esters is 1. The lowest BCUT2D eigenvalue weighted by Gasteiger charge is -2.23. The summed E-state index contributed by atoms with van der Waals surface area (Å²) >= 11 is 0. The van der Waals surface area contributed by atoms with Crippen molar-refractivity contribution in [2.45, 2.75) is 32.2 Å². The van der Waals surface area contributed by atoms with Crippen LogP contribution in [0.15, 0.2) is 103 Å². The molecule has 1 N–H and O–H groups in total. The van der Waals surface area contributed by atoms with Gasteiger partial charge in [-0.2, -0.15) is 0 Å². The number of ether oxygens (including phenoxy) is 2. The Balaban J connectivity index is 1.42. The fourth-order valence-corrected chi connectivity index (χ4v) is 4.69. The van der Waals surface area contributed by atoms with Crippen molar-refractivity contribution in [2.24, 2.45) is 0 Å². The average Bonchev–Trinajstić information content (AvgIpc) is 3.04. The number of benzene rings is 4. The third-order valence-corrected chi connectivity index (χ3v) is 6.88. The number of anilines is 2. The van der Waals surface area contributed by atoms with Crippen LogP contribution >= 0.6 is 0 Å². The van der Waals surface area contributed by atoms with Gasteiger partial charge in [0.2, 0.25) is 5.91 Å². The normalized spacial score (nSPS) is 11.3. The van der Waals surface area contributed by atoms with E-state index in [4.69, 9.17) is 9.47 Å². The first-order valence-corrected chi connectivity index (χ1v) is 14.2. The molecule has 7 nitrogen and oxygen atoms in total. The quantitative estimate of drug-likeness (QED) is 0.136. The second kappa shape index (κ2) is 15.3. The fraction of sp³-hybridized carbons (Fsp3) is 0.229. The number of carbonyl (C=O) groups excluding carboxylic acids is 3. The Labute approximate surface area is 251 Å². The van der Waals surface area contributed by atoms with Gasteiger partial charge in [-0.25, -0.2) is 9.18 Å². The van der Waals surface area contributed by atoms with E-state index in [2.05, 4.69) is 5.32 Å². The molecule has 0 saturated heterocycles. The molecule has 0 spiro atoms. The molecule has 4 aromatic rings. The van der Waals surface area contributed by atoms with E-state index in [0.29, 0.717) is 41.8 Å². The summed E-state index contributed by atoms with van der Waals surface area (Å²) in [6, 6.07) is 28.7. The van der Waals surface area contributed by atoms with Crippen molar-refractivity contribution in [1.82, 2.24) is 0 Å². The van der Waals surface area contributed by atoms with Gasteiger partial charge < -0.3 is 19.7 Å². The molecule has 4 rings (SSSR count).